The Kier molecular flexibility index (Phi) is 7.09. The van der Waals surface area contributed by atoms with Crippen molar-refractivity contribution in [3.63, 3.8) is 0 Å². The number of benzene rings is 1. The normalized spacial score (nSPS) is 10.2. The molecule has 110 valence electrons. The number of nitrogens with one attached hydrogen (secondary N) is 1. The Bertz CT molecular complexity index is 454. The highest BCUT2D eigenvalue weighted by Crippen LogP contribution is 2.14. The molecule has 0 aliphatic rings. The molecule has 1 aromatic carbocycles. The summed E-state index contributed by atoms with van der Waals surface area (Å²) < 4.78 is 4.55. The van der Waals surface area contributed by atoms with E-state index in [4.69, 9.17) is 11.6 Å². The summed E-state index contributed by atoms with van der Waals surface area (Å²) in [4.78, 5) is 22.8. The smallest absolute Gasteiger partial charge is 0.305 e. The van der Waals surface area contributed by atoms with Crippen LogP contribution in [0.25, 0.3) is 0 Å². The molecular weight excluding hydrogens is 278 g/mol. The van der Waals surface area contributed by atoms with Crippen LogP contribution in [-0.2, 0) is 9.53 Å². The Balaban J connectivity index is 2.25. The van der Waals surface area contributed by atoms with Crippen LogP contribution in [0.2, 0.25) is 5.02 Å². The molecule has 0 heterocycles. The molecule has 0 aliphatic heterocycles. The summed E-state index contributed by atoms with van der Waals surface area (Å²) in [5.41, 5.74) is 1.53. The maximum atomic E-state index is 11.9. The maximum absolute atomic E-state index is 11.9. The fraction of sp³-hybridized carbons (Fsp3) is 0.467. The van der Waals surface area contributed by atoms with Gasteiger partial charge in [0, 0.05) is 23.6 Å². The molecule has 0 saturated carbocycles. The van der Waals surface area contributed by atoms with Crippen molar-refractivity contribution in [3.05, 3.63) is 34.3 Å². The second-order valence-electron chi connectivity index (χ2n) is 4.66. The third kappa shape index (κ3) is 6.06. The van der Waals surface area contributed by atoms with Gasteiger partial charge in [-0.2, -0.15) is 0 Å². The van der Waals surface area contributed by atoms with Crippen molar-refractivity contribution in [3.8, 4) is 0 Å². The Morgan fingerprint density at radius 1 is 1.20 bits per heavy atom. The zero-order chi connectivity index (χ0) is 15.0. The second-order valence-corrected chi connectivity index (χ2v) is 5.10. The van der Waals surface area contributed by atoms with Crippen LogP contribution in [-0.4, -0.2) is 25.5 Å². The predicted molar refractivity (Wildman–Crippen MR) is 79.0 cm³/mol. The molecule has 0 saturated heterocycles. The number of carbonyl (C=O) groups excluding carboxylic acids is 2. The van der Waals surface area contributed by atoms with E-state index < -0.39 is 0 Å². The average molecular weight is 298 g/mol. The topological polar surface area (TPSA) is 55.4 Å². The van der Waals surface area contributed by atoms with Crippen LogP contribution in [0.4, 0.5) is 0 Å². The number of carbonyl (C=O) groups is 2. The number of ether oxygens (including phenoxy) is 1. The molecule has 0 aliphatic carbocycles. The lowest BCUT2D eigenvalue weighted by atomic mass is 10.1. The number of amides is 1. The minimum atomic E-state index is -0.191. The van der Waals surface area contributed by atoms with Crippen LogP contribution in [0, 0.1) is 6.92 Å². The molecule has 1 amide bonds. The largest absolute Gasteiger partial charge is 0.469 e. The van der Waals surface area contributed by atoms with Crippen LogP contribution >= 0.6 is 11.6 Å². The number of aryl methyl sites for hydroxylation is 1. The minimum absolute atomic E-state index is 0.122. The van der Waals surface area contributed by atoms with E-state index in [0.717, 1.165) is 24.8 Å². The first kappa shape index (κ1) is 16.5. The SMILES string of the molecule is COC(=O)CCCCCNC(=O)c1cc(C)cc(Cl)c1. The standard InChI is InChI=1S/C15H20ClNO3/c1-11-8-12(10-13(16)9-11)15(19)17-7-5-3-4-6-14(18)20-2/h8-10H,3-7H2,1-2H3,(H,17,19). The van der Waals surface area contributed by atoms with Gasteiger partial charge in [0.05, 0.1) is 7.11 Å². The van der Waals surface area contributed by atoms with E-state index >= 15 is 0 Å². The van der Waals surface area contributed by atoms with Crippen molar-refractivity contribution in [1.82, 2.24) is 5.32 Å². The van der Waals surface area contributed by atoms with Crippen molar-refractivity contribution in [2.24, 2.45) is 0 Å². The molecule has 1 aromatic rings. The van der Waals surface area contributed by atoms with Crippen LogP contribution in [0.15, 0.2) is 18.2 Å². The molecular formula is C15H20ClNO3. The predicted octanol–water partition coefficient (Wildman–Crippen LogP) is 3.11. The van der Waals surface area contributed by atoms with Gasteiger partial charge in [-0.1, -0.05) is 18.0 Å². The minimum Gasteiger partial charge on any atom is -0.469 e. The van der Waals surface area contributed by atoms with Crippen LogP contribution in [0.5, 0.6) is 0 Å². The van der Waals surface area contributed by atoms with E-state index in [-0.39, 0.29) is 11.9 Å². The summed E-state index contributed by atoms with van der Waals surface area (Å²) in [5.74, 6) is -0.313. The zero-order valence-corrected chi connectivity index (χ0v) is 12.6. The van der Waals surface area contributed by atoms with Gasteiger partial charge in [0.25, 0.3) is 5.91 Å². The summed E-state index contributed by atoms with van der Waals surface area (Å²) in [5, 5.41) is 3.40. The molecule has 0 spiro atoms. The number of esters is 1. The lowest BCUT2D eigenvalue weighted by molar-refractivity contribution is -0.140. The summed E-state index contributed by atoms with van der Waals surface area (Å²) in [6.07, 6.45) is 2.92. The molecule has 0 radical (unpaired) electrons. The van der Waals surface area contributed by atoms with Crippen LogP contribution in [0.3, 0.4) is 0 Å². The number of methoxy groups -OCH3 is 1. The molecule has 1 N–H and O–H groups in total. The lowest BCUT2D eigenvalue weighted by Crippen LogP contribution is -2.24. The van der Waals surface area contributed by atoms with Crippen molar-refractivity contribution in [1.29, 1.82) is 0 Å². The van der Waals surface area contributed by atoms with Gasteiger partial charge in [-0.25, -0.2) is 0 Å². The number of halogens is 1. The molecule has 0 atom stereocenters. The summed E-state index contributed by atoms with van der Waals surface area (Å²) >= 11 is 5.92. The Hall–Kier alpha value is -1.55. The van der Waals surface area contributed by atoms with Gasteiger partial charge in [-0.3, -0.25) is 9.59 Å². The maximum Gasteiger partial charge on any atom is 0.305 e. The van der Waals surface area contributed by atoms with E-state index in [1.807, 2.05) is 13.0 Å². The molecule has 4 nitrogen and oxygen atoms in total. The number of rotatable bonds is 7. The summed E-state index contributed by atoms with van der Waals surface area (Å²) in [7, 11) is 1.38. The highest BCUT2D eigenvalue weighted by Gasteiger charge is 2.06. The summed E-state index contributed by atoms with van der Waals surface area (Å²) in [6.45, 7) is 2.49. The lowest BCUT2D eigenvalue weighted by Gasteiger charge is -2.06. The number of hydrogen-bond donors (Lipinski definition) is 1. The Morgan fingerprint density at radius 3 is 2.60 bits per heavy atom. The molecule has 5 heteroatoms. The van der Waals surface area contributed by atoms with Gasteiger partial charge in [-0.15, -0.1) is 0 Å². The number of unbranched alkanes of at least 4 members (excludes halogenated alkanes) is 2. The van der Waals surface area contributed by atoms with Crippen LogP contribution < -0.4 is 5.32 Å². The van der Waals surface area contributed by atoms with Gasteiger partial charge in [-0.05, 0) is 43.5 Å². The number of hydrogen-bond acceptors (Lipinski definition) is 3. The van der Waals surface area contributed by atoms with E-state index in [9.17, 15) is 9.59 Å². The van der Waals surface area contributed by atoms with Gasteiger partial charge in [0.15, 0.2) is 0 Å². The molecule has 0 aromatic heterocycles. The quantitative estimate of drug-likeness (QED) is 0.621. The van der Waals surface area contributed by atoms with E-state index in [1.54, 1.807) is 12.1 Å². The van der Waals surface area contributed by atoms with Gasteiger partial charge >= 0.3 is 5.97 Å². The average Bonchev–Trinajstić information content (AvgIpc) is 2.40. The first-order valence-electron chi connectivity index (χ1n) is 6.65. The van der Waals surface area contributed by atoms with Crippen molar-refractivity contribution < 1.29 is 14.3 Å². The monoisotopic (exact) mass is 297 g/mol. The van der Waals surface area contributed by atoms with Crippen molar-refractivity contribution >= 4 is 23.5 Å². The third-order valence-electron chi connectivity index (χ3n) is 2.88. The Morgan fingerprint density at radius 2 is 1.95 bits per heavy atom. The van der Waals surface area contributed by atoms with E-state index in [1.165, 1.54) is 7.11 Å². The van der Waals surface area contributed by atoms with Crippen molar-refractivity contribution in [2.45, 2.75) is 32.6 Å². The van der Waals surface area contributed by atoms with Gasteiger partial charge in [0.1, 0.15) is 0 Å². The first-order valence-corrected chi connectivity index (χ1v) is 7.03. The molecule has 0 bridgehead atoms. The van der Waals surface area contributed by atoms with Crippen molar-refractivity contribution in [2.75, 3.05) is 13.7 Å². The fourth-order valence-electron chi connectivity index (χ4n) is 1.84. The Labute approximate surface area is 124 Å². The third-order valence-corrected chi connectivity index (χ3v) is 3.09. The molecule has 1 rings (SSSR count). The second kappa shape index (κ2) is 8.59. The fourth-order valence-corrected chi connectivity index (χ4v) is 2.13. The molecule has 20 heavy (non-hydrogen) atoms. The zero-order valence-electron chi connectivity index (χ0n) is 11.9. The summed E-state index contributed by atoms with van der Waals surface area (Å²) in [6, 6.07) is 5.27. The van der Waals surface area contributed by atoms with Gasteiger partial charge < -0.3 is 10.1 Å². The highest BCUT2D eigenvalue weighted by atomic mass is 35.5. The van der Waals surface area contributed by atoms with Gasteiger partial charge in [0.2, 0.25) is 0 Å². The van der Waals surface area contributed by atoms with Crippen LogP contribution in [0.1, 0.15) is 41.6 Å². The molecule has 0 unspecified atom stereocenters. The van der Waals surface area contributed by atoms with E-state index in [0.29, 0.717) is 23.6 Å². The van der Waals surface area contributed by atoms with E-state index in [2.05, 4.69) is 10.1 Å². The molecule has 0 fully saturated rings. The first-order chi connectivity index (χ1) is 9.52. The highest BCUT2D eigenvalue weighted by molar-refractivity contribution is 6.31.